The van der Waals surface area contributed by atoms with Gasteiger partial charge in [-0.3, -0.25) is 9.59 Å². The number of fused-ring (bicyclic) bond motifs is 1. The van der Waals surface area contributed by atoms with Crippen LogP contribution in [0.5, 0.6) is 0 Å². The number of aliphatic carboxylic acids is 1. The summed E-state index contributed by atoms with van der Waals surface area (Å²) in [5, 5.41) is 10.4. The first-order chi connectivity index (χ1) is 10.9. The van der Waals surface area contributed by atoms with E-state index in [0.29, 0.717) is 18.7 Å². The molecular formula is C18H22N2O3. The Bertz CT molecular complexity index is 778. The average molecular weight is 314 g/mol. The number of aryl methyl sites for hydroxylation is 2. The lowest BCUT2D eigenvalue weighted by molar-refractivity contribution is -0.144. The molecule has 1 aliphatic heterocycles. The number of piperidine rings is 1. The third-order valence-corrected chi connectivity index (χ3v) is 5.14. The van der Waals surface area contributed by atoms with Gasteiger partial charge in [0.1, 0.15) is 5.69 Å². The molecular weight excluding hydrogens is 292 g/mol. The summed E-state index contributed by atoms with van der Waals surface area (Å²) >= 11 is 0. The van der Waals surface area contributed by atoms with E-state index in [9.17, 15) is 14.7 Å². The van der Waals surface area contributed by atoms with E-state index >= 15 is 0 Å². The van der Waals surface area contributed by atoms with Crippen molar-refractivity contribution >= 4 is 22.8 Å². The highest BCUT2D eigenvalue weighted by molar-refractivity contribution is 5.99. The third kappa shape index (κ3) is 2.60. The number of carboxylic acids is 1. The average Bonchev–Trinajstić information content (AvgIpc) is 2.95. The summed E-state index contributed by atoms with van der Waals surface area (Å²) in [4.78, 5) is 29.1. The monoisotopic (exact) mass is 314 g/mol. The maximum atomic E-state index is 12.8. The van der Waals surface area contributed by atoms with E-state index in [4.69, 9.17) is 0 Å². The number of carboxylic acid groups (broad SMARTS) is 1. The van der Waals surface area contributed by atoms with E-state index in [1.165, 1.54) is 5.56 Å². The fourth-order valence-corrected chi connectivity index (χ4v) is 3.49. The van der Waals surface area contributed by atoms with Crippen LogP contribution in [0.3, 0.4) is 0 Å². The molecule has 5 nitrogen and oxygen atoms in total. The molecule has 0 aliphatic carbocycles. The Morgan fingerprint density at radius 2 is 2.04 bits per heavy atom. The first-order valence-corrected chi connectivity index (χ1v) is 8.03. The van der Waals surface area contributed by atoms with Crippen LogP contribution in [0, 0.1) is 19.8 Å². The van der Waals surface area contributed by atoms with E-state index < -0.39 is 11.9 Å². The van der Waals surface area contributed by atoms with Gasteiger partial charge >= 0.3 is 5.97 Å². The van der Waals surface area contributed by atoms with Crippen molar-refractivity contribution in [1.82, 2.24) is 9.88 Å². The van der Waals surface area contributed by atoms with Crippen LogP contribution in [0.15, 0.2) is 18.2 Å². The Kier molecular flexibility index (Phi) is 3.88. The van der Waals surface area contributed by atoms with Gasteiger partial charge in [-0.25, -0.2) is 0 Å². The molecule has 5 heteroatoms. The molecule has 0 spiro atoms. The number of amides is 1. The number of benzene rings is 1. The van der Waals surface area contributed by atoms with Crippen molar-refractivity contribution in [3.05, 3.63) is 35.0 Å². The normalized spacial score (nSPS) is 21.6. The van der Waals surface area contributed by atoms with Gasteiger partial charge in [-0.05, 0) is 56.9 Å². The number of nitrogens with one attached hydrogen (secondary N) is 1. The highest BCUT2D eigenvalue weighted by Crippen LogP contribution is 2.27. The molecule has 1 saturated heterocycles. The molecule has 2 aromatic rings. The quantitative estimate of drug-likeness (QED) is 0.894. The minimum Gasteiger partial charge on any atom is -0.481 e. The first-order valence-electron chi connectivity index (χ1n) is 8.03. The van der Waals surface area contributed by atoms with E-state index in [0.717, 1.165) is 22.9 Å². The zero-order valence-electron chi connectivity index (χ0n) is 13.7. The molecule has 23 heavy (non-hydrogen) atoms. The molecule has 1 aromatic heterocycles. The van der Waals surface area contributed by atoms with Gasteiger partial charge in [0, 0.05) is 23.5 Å². The Hall–Kier alpha value is -2.30. The summed E-state index contributed by atoms with van der Waals surface area (Å²) in [6.45, 7) is 6.53. The Morgan fingerprint density at radius 3 is 2.74 bits per heavy atom. The first kappa shape index (κ1) is 15.6. The Labute approximate surface area is 135 Å². The van der Waals surface area contributed by atoms with Crippen molar-refractivity contribution in [2.75, 3.05) is 6.54 Å². The van der Waals surface area contributed by atoms with Crippen LogP contribution in [0.4, 0.5) is 0 Å². The summed E-state index contributed by atoms with van der Waals surface area (Å²) < 4.78 is 0. The predicted molar refractivity (Wildman–Crippen MR) is 88.6 cm³/mol. The molecule has 0 saturated carbocycles. The van der Waals surface area contributed by atoms with Crippen molar-refractivity contribution in [2.24, 2.45) is 5.92 Å². The van der Waals surface area contributed by atoms with Crippen LogP contribution >= 0.6 is 0 Å². The molecule has 1 amide bonds. The van der Waals surface area contributed by atoms with Gasteiger partial charge < -0.3 is 15.0 Å². The van der Waals surface area contributed by atoms with Crippen LogP contribution in [-0.2, 0) is 4.79 Å². The van der Waals surface area contributed by atoms with E-state index in [1.54, 1.807) is 4.90 Å². The van der Waals surface area contributed by atoms with Crippen molar-refractivity contribution in [1.29, 1.82) is 0 Å². The lowest BCUT2D eigenvalue weighted by Crippen LogP contribution is -2.49. The number of aromatic nitrogens is 1. The minimum atomic E-state index is -0.821. The Balaban J connectivity index is 1.94. The second-order valence-electron chi connectivity index (χ2n) is 6.48. The second kappa shape index (κ2) is 5.72. The third-order valence-electron chi connectivity index (χ3n) is 5.14. The van der Waals surface area contributed by atoms with Crippen molar-refractivity contribution in [3.8, 4) is 0 Å². The summed E-state index contributed by atoms with van der Waals surface area (Å²) in [6, 6.07) is 5.61. The highest BCUT2D eigenvalue weighted by atomic mass is 16.4. The van der Waals surface area contributed by atoms with Gasteiger partial charge in [-0.15, -0.1) is 0 Å². The van der Waals surface area contributed by atoms with Crippen LogP contribution in [0.2, 0.25) is 0 Å². The summed E-state index contributed by atoms with van der Waals surface area (Å²) in [6.07, 6.45) is 1.36. The highest BCUT2D eigenvalue weighted by Gasteiger charge is 2.36. The Morgan fingerprint density at radius 1 is 1.30 bits per heavy atom. The number of hydrogen-bond donors (Lipinski definition) is 2. The molecule has 0 unspecified atom stereocenters. The summed E-state index contributed by atoms with van der Waals surface area (Å²) in [7, 11) is 0. The molecule has 1 aliphatic rings. The van der Waals surface area contributed by atoms with Crippen molar-refractivity contribution in [3.63, 3.8) is 0 Å². The smallest absolute Gasteiger partial charge is 0.308 e. The summed E-state index contributed by atoms with van der Waals surface area (Å²) in [5.41, 5.74) is 3.82. The van der Waals surface area contributed by atoms with E-state index in [1.807, 2.05) is 39.0 Å². The zero-order chi connectivity index (χ0) is 16.7. The SMILES string of the molecule is Cc1ccc2[nH]c(C(=O)N3CCC[C@@H](C(=O)O)[C@H]3C)cc2c1C. The number of aromatic amines is 1. The van der Waals surface area contributed by atoms with Crippen LogP contribution < -0.4 is 0 Å². The van der Waals surface area contributed by atoms with Crippen molar-refractivity contribution < 1.29 is 14.7 Å². The molecule has 0 radical (unpaired) electrons. The van der Waals surface area contributed by atoms with Gasteiger partial charge in [-0.2, -0.15) is 0 Å². The molecule has 3 rings (SSSR count). The number of carbonyl (C=O) groups excluding carboxylic acids is 1. The molecule has 1 aromatic carbocycles. The van der Waals surface area contributed by atoms with E-state index in [-0.39, 0.29) is 11.9 Å². The standard InChI is InChI=1S/C18H22N2O3/c1-10-6-7-15-14(11(10)2)9-16(19-15)17(21)20-8-4-5-13(12(20)3)18(22)23/h6-7,9,12-13,19H,4-5,8H2,1-3H3,(H,22,23)/t12-,13-/m1/s1. The predicted octanol–water partition coefficient (Wildman–Crippen LogP) is 3.11. The van der Waals surface area contributed by atoms with E-state index in [2.05, 4.69) is 4.98 Å². The van der Waals surface area contributed by atoms with Crippen LogP contribution in [0.1, 0.15) is 41.4 Å². The van der Waals surface area contributed by atoms with Crippen LogP contribution in [-0.4, -0.2) is 39.5 Å². The topological polar surface area (TPSA) is 73.4 Å². The fourth-order valence-electron chi connectivity index (χ4n) is 3.49. The van der Waals surface area contributed by atoms with Gasteiger partial charge in [-0.1, -0.05) is 6.07 Å². The van der Waals surface area contributed by atoms with Gasteiger partial charge in [0.15, 0.2) is 0 Å². The molecule has 0 bridgehead atoms. The fraction of sp³-hybridized carbons (Fsp3) is 0.444. The number of likely N-dealkylation sites (tertiary alicyclic amines) is 1. The second-order valence-corrected chi connectivity index (χ2v) is 6.48. The van der Waals surface area contributed by atoms with Gasteiger partial charge in [0.2, 0.25) is 0 Å². The molecule has 1 fully saturated rings. The number of hydrogen-bond acceptors (Lipinski definition) is 2. The van der Waals surface area contributed by atoms with Crippen molar-refractivity contribution in [2.45, 2.75) is 39.7 Å². The number of rotatable bonds is 2. The zero-order valence-corrected chi connectivity index (χ0v) is 13.7. The molecule has 122 valence electrons. The maximum Gasteiger partial charge on any atom is 0.308 e. The largest absolute Gasteiger partial charge is 0.481 e. The maximum absolute atomic E-state index is 12.8. The minimum absolute atomic E-state index is 0.114. The van der Waals surface area contributed by atoms with Gasteiger partial charge in [0.25, 0.3) is 5.91 Å². The summed E-state index contributed by atoms with van der Waals surface area (Å²) in [5.74, 6) is -1.42. The number of carbonyl (C=O) groups is 2. The lowest BCUT2D eigenvalue weighted by Gasteiger charge is -2.37. The van der Waals surface area contributed by atoms with Crippen LogP contribution in [0.25, 0.3) is 10.9 Å². The van der Waals surface area contributed by atoms with Gasteiger partial charge in [0.05, 0.1) is 5.92 Å². The lowest BCUT2D eigenvalue weighted by atomic mass is 9.90. The molecule has 2 heterocycles. The number of H-pyrrole nitrogens is 1. The molecule has 2 atom stereocenters. The molecule has 2 N–H and O–H groups in total. The number of nitrogens with zero attached hydrogens (tertiary/aromatic N) is 1.